The number of carbonyl (C=O) groups excluding carboxylic acids is 2. The van der Waals surface area contributed by atoms with Crippen molar-refractivity contribution < 1.29 is 32.2 Å². The number of rotatable bonds is 6. The van der Waals surface area contributed by atoms with Crippen LogP contribution >= 0.6 is 0 Å². The van der Waals surface area contributed by atoms with Crippen molar-refractivity contribution in [3.63, 3.8) is 0 Å². The molecule has 0 spiro atoms. The van der Waals surface area contributed by atoms with E-state index in [-0.39, 0.29) is 29.7 Å². The van der Waals surface area contributed by atoms with E-state index in [1.54, 1.807) is 19.2 Å². The van der Waals surface area contributed by atoms with Gasteiger partial charge in [-0.15, -0.1) is 0 Å². The van der Waals surface area contributed by atoms with E-state index in [1.165, 1.54) is 12.1 Å². The first kappa shape index (κ1) is 18.8. The van der Waals surface area contributed by atoms with Gasteiger partial charge in [-0.05, 0) is 38.5 Å². The van der Waals surface area contributed by atoms with Crippen LogP contribution in [0.4, 0.5) is 18.9 Å². The minimum absolute atomic E-state index is 0.0490. The van der Waals surface area contributed by atoms with Gasteiger partial charge in [-0.1, -0.05) is 6.92 Å². The fraction of sp³-hybridized carbons (Fsp3) is 0.467. The van der Waals surface area contributed by atoms with Gasteiger partial charge in [0.15, 0.2) is 0 Å². The molecule has 0 unspecified atom stereocenters. The molecule has 1 aromatic carbocycles. The van der Waals surface area contributed by atoms with Crippen molar-refractivity contribution in [3.05, 3.63) is 23.8 Å². The topological polar surface area (TPSA) is 64.6 Å². The maximum Gasteiger partial charge on any atom is 0.471 e. The molecule has 5 nitrogen and oxygen atoms in total. The van der Waals surface area contributed by atoms with Gasteiger partial charge < -0.3 is 14.8 Å². The van der Waals surface area contributed by atoms with Crippen LogP contribution in [0.5, 0.6) is 5.75 Å². The molecule has 1 amide bonds. The molecule has 1 rings (SSSR count). The van der Waals surface area contributed by atoms with Crippen LogP contribution in [0.1, 0.15) is 37.6 Å². The zero-order chi connectivity index (χ0) is 17.6. The van der Waals surface area contributed by atoms with Crippen LogP contribution in [0.3, 0.4) is 0 Å². The summed E-state index contributed by atoms with van der Waals surface area (Å²) in [4.78, 5) is 22.9. The molecule has 0 aliphatic rings. The molecular weight excluding hydrogens is 315 g/mol. The second-order valence-corrected chi connectivity index (χ2v) is 4.72. The van der Waals surface area contributed by atoms with Gasteiger partial charge in [0.25, 0.3) is 0 Å². The Morgan fingerprint density at radius 1 is 1.26 bits per heavy atom. The van der Waals surface area contributed by atoms with Gasteiger partial charge in [-0.3, -0.25) is 4.79 Å². The molecule has 0 aromatic heterocycles. The highest BCUT2D eigenvalue weighted by Crippen LogP contribution is 2.26. The van der Waals surface area contributed by atoms with Crippen LogP contribution in [0.2, 0.25) is 0 Å². The van der Waals surface area contributed by atoms with Gasteiger partial charge in [0.2, 0.25) is 0 Å². The predicted molar refractivity (Wildman–Crippen MR) is 77.5 cm³/mol. The van der Waals surface area contributed by atoms with Gasteiger partial charge >= 0.3 is 18.1 Å². The first-order valence-electron chi connectivity index (χ1n) is 7.05. The first-order valence-corrected chi connectivity index (χ1v) is 7.05. The number of amides is 1. The molecule has 1 aromatic rings. The Morgan fingerprint density at radius 2 is 1.91 bits per heavy atom. The number of ether oxygens (including phenoxy) is 2. The van der Waals surface area contributed by atoms with Crippen molar-refractivity contribution in [2.75, 3.05) is 11.9 Å². The van der Waals surface area contributed by atoms with E-state index in [0.29, 0.717) is 6.42 Å². The molecule has 8 heteroatoms. The number of esters is 1. The monoisotopic (exact) mass is 333 g/mol. The predicted octanol–water partition coefficient (Wildman–Crippen LogP) is 3.54. The molecule has 1 N–H and O–H groups in total. The van der Waals surface area contributed by atoms with Gasteiger partial charge in [0, 0.05) is 5.69 Å². The SMILES string of the molecule is CCOC(=O)c1cc(NC(=O)C(F)(F)F)ccc1O[C@H](C)CC. The average Bonchev–Trinajstić information content (AvgIpc) is 2.47. The molecule has 23 heavy (non-hydrogen) atoms. The van der Waals surface area contributed by atoms with Crippen molar-refractivity contribution in [1.82, 2.24) is 0 Å². The van der Waals surface area contributed by atoms with Crippen LogP contribution in [-0.2, 0) is 9.53 Å². The molecule has 0 radical (unpaired) electrons. The molecule has 0 aliphatic heterocycles. The van der Waals surface area contributed by atoms with Gasteiger partial charge in [0.1, 0.15) is 11.3 Å². The molecule has 0 heterocycles. The summed E-state index contributed by atoms with van der Waals surface area (Å²) in [6.07, 6.45) is -4.54. The lowest BCUT2D eigenvalue weighted by atomic mass is 10.1. The third-order valence-electron chi connectivity index (χ3n) is 2.89. The summed E-state index contributed by atoms with van der Waals surface area (Å²) in [7, 11) is 0. The lowest BCUT2D eigenvalue weighted by Crippen LogP contribution is -2.30. The Hall–Kier alpha value is -2.25. The Morgan fingerprint density at radius 3 is 2.43 bits per heavy atom. The first-order chi connectivity index (χ1) is 10.7. The number of nitrogens with one attached hydrogen (secondary N) is 1. The van der Waals surface area contributed by atoms with Crippen LogP contribution in [0, 0.1) is 0 Å². The van der Waals surface area contributed by atoms with Gasteiger partial charge in [-0.25, -0.2) is 4.79 Å². The summed E-state index contributed by atoms with van der Waals surface area (Å²) in [5.41, 5.74) is -0.223. The summed E-state index contributed by atoms with van der Waals surface area (Å²) >= 11 is 0. The van der Waals surface area contributed by atoms with E-state index in [4.69, 9.17) is 9.47 Å². The van der Waals surface area contributed by atoms with Crippen LogP contribution in [-0.4, -0.2) is 30.8 Å². The molecule has 0 aliphatic carbocycles. The minimum atomic E-state index is -5.02. The molecule has 128 valence electrons. The second-order valence-electron chi connectivity index (χ2n) is 4.72. The number of carbonyl (C=O) groups is 2. The molecule has 1 atom stereocenters. The fourth-order valence-corrected chi connectivity index (χ4v) is 1.58. The number of halogens is 3. The summed E-state index contributed by atoms with van der Waals surface area (Å²) in [6, 6.07) is 3.65. The largest absolute Gasteiger partial charge is 0.490 e. The van der Waals surface area contributed by atoms with Crippen molar-refractivity contribution in [3.8, 4) is 5.75 Å². The molecule has 0 fully saturated rings. The highest BCUT2D eigenvalue weighted by Gasteiger charge is 2.38. The number of anilines is 1. The van der Waals surface area contributed by atoms with E-state index in [0.717, 1.165) is 6.07 Å². The Balaban J connectivity index is 3.11. The van der Waals surface area contributed by atoms with Gasteiger partial charge in [-0.2, -0.15) is 13.2 Å². The van der Waals surface area contributed by atoms with Crippen LogP contribution in [0.25, 0.3) is 0 Å². The summed E-state index contributed by atoms with van der Waals surface area (Å²) in [6.45, 7) is 5.37. The maximum atomic E-state index is 12.3. The van der Waals surface area contributed by atoms with E-state index in [2.05, 4.69) is 0 Å². The van der Waals surface area contributed by atoms with Crippen LogP contribution in [0.15, 0.2) is 18.2 Å². The zero-order valence-electron chi connectivity index (χ0n) is 13.0. The van der Waals surface area contributed by atoms with Crippen molar-refractivity contribution in [2.24, 2.45) is 0 Å². The Bertz CT molecular complexity index is 572. The van der Waals surface area contributed by atoms with E-state index < -0.39 is 18.1 Å². The highest BCUT2D eigenvalue weighted by atomic mass is 19.4. The summed E-state index contributed by atoms with van der Waals surface area (Å²) in [5.74, 6) is -2.68. The minimum Gasteiger partial charge on any atom is -0.490 e. The number of hydrogen-bond acceptors (Lipinski definition) is 4. The Labute approximate surface area is 131 Å². The van der Waals surface area contributed by atoms with Crippen molar-refractivity contribution in [2.45, 2.75) is 39.5 Å². The van der Waals surface area contributed by atoms with Gasteiger partial charge in [0.05, 0.1) is 12.7 Å². The summed E-state index contributed by atoms with van der Waals surface area (Å²) < 4.78 is 47.3. The normalized spacial score (nSPS) is 12.4. The average molecular weight is 333 g/mol. The number of benzene rings is 1. The standard InChI is InChI=1S/C15H18F3NO4/c1-4-9(3)23-12-7-6-10(19-14(21)15(16,17)18)8-11(12)13(20)22-5-2/h6-9H,4-5H2,1-3H3,(H,19,21)/t9-/m1/s1. The Kier molecular flexibility index (Phi) is 6.41. The molecular formula is C15H18F3NO4. The third-order valence-corrected chi connectivity index (χ3v) is 2.89. The summed E-state index contributed by atoms with van der Waals surface area (Å²) in [5, 5.41) is 1.69. The number of hydrogen-bond donors (Lipinski definition) is 1. The van der Waals surface area contributed by atoms with E-state index in [9.17, 15) is 22.8 Å². The molecule has 0 saturated heterocycles. The van der Waals surface area contributed by atoms with Crippen molar-refractivity contribution in [1.29, 1.82) is 0 Å². The van der Waals surface area contributed by atoms with E-state index in [1.807, 2.05) is 6.92 Å². The maximum absolute atomic E-state index is 12.3. The lowest BCUT2D eigenvalue weighted by molar-refractivity contribution is -0.167. The quantitative estimate of drug-likeness (QED) is 0.809. The smallest absolute Gasteiger partial charge is 0.471 e. The van der Waals surface area contributed by atoms with Crippen LogP contribution < -0.4 is 10.1 Å². The highest BCUT2D eigenvalue weighted by molar-refractivity contribution is 5.98. The molecule has 0 bridgehead atoms. The second kappa shape index (κ2) is 7.85. The van der Waals surface area contributed by atoms with Crippen molar-refractivity contribution >= 4 is 17.6 Å². The van der Waals surface area contributed by atoms with E-state index >= 15 is 0 Å². The number of alkyl halides is 3. The zero-order valence-corrected chi connectivity index (χ0v) is 13.0. The fourth-order valence-electron chi connectivity index (χ4n) is 1.58. The lowest BCUT2D eigenvalue weighted by Gasteiger charge is -2.17. The molecule has 0 saturated carbocycles. The third kappa shape index (κ3) is 5.46.